The molecule has 16 heavy (non-hydrogen) atoms. The van der Waals surface area contributed by atoms with E-state index in [-0.39, 0.29) is 5.82 Å². The van der Waals surface area contributed by atoms with Gasteiger partial charge in [-0.2, -0.15) is 0 Å². The molecule has 0 amide bonds. The summed E-state index contributed by atoms with van der Waals surface area (Å²) < 4.78 is 13.9. The highest BCUT2D eigenvalue weighted by Crippen LogP contribution is 2.26. The van der Waals surface area contributed by atoms with Gasteiger partial charge in [0.2, 0.25) is 0 Å². The summed E-state index contributed by atoms with van der Waals surface area (Å²) in [7, 11) is 1.88. The van der Waals surface area contributed by atoms with E-state index in [4.69, 9.17) is 0 Å². The van der Waals surface area contributed by atoms with Crippen LogP contribution in [0.2, 0.25) is 0 Å². The molecule has 0 aliphatic carbocycles. The average Bonchev–Trinajstić information content (AvgIpc) is 2.23. The number of para-hydroxylation sites is 1. The lowest BCUT2D eigenvalue weighted by molar-refractivity contribution is 0.599. The Bertz CT molecular complexity index is 337. The molecular weight excluding hydrogens is 203 g/mol. The van der Waals surface area contributed by atoms with E-state index in [0.717, 1.165) is 17.8 Å². The number of hydrogen-bond acceptors (Lipinski definition) is 2. The van der Waals surface area contributed by atoms with E-state index < -0.39 is 0 Å². The van der Waals surface area contributed by atoms with Crippen LogP contribution in [0.15, 0.2) is 18.2 Å². The van der Waals surface area contributed by atoms with Crippen LogP contribution in [0.1, 0.15) is 26.3 Å². The van der Waals surface area contributed by atoms with Gasteiger partial charge in [-0.05, 0) is 39.4 Å². The Kier molecular flexibility index (Phi) is 4.74. The summed E-state index contributed by atoms with van der Waals surface area (Å²) in [4.78, 5) is 2.09. The smallest absolute Gasteiger partial charge is 0.146 e. The van der Waals surface area contributed by atoms with Crippen LogP contribution in [-0.4, -0.2) is 19.6 Å². The van der Waals surface area contributed by atoms with Crippen LogP contribution in [0, 0.1) is 5.82 Å². The molecule has 0 spiro atoms. The molecule has 3 heteroatoms. The normalized spacial score (nSPS) is 10.9. The molecule has 1 N–H and O–H groups in total. The zero-order valence-electron chi connectivity index (χ0n) is 10.5. The van der Waals surface area contributed by atoms with Crippen molar-refractivity contribution in [3.8, 4) is 0 Å². The van der Waals surface area contributed by atoms with Gasteiger partial charge in [-0.25, -0.2) is 4.39 Å². The van der Waals surface area contributed by atoms with Crippen molar-refractivity contribution in [3.05, 3.63) is 29.6 Å². The highest BCUT2D eigenvalue weighted by Gasteiger charge is 2.16. The summed E-state index contributed by atoms with van der Waals surface area (Å²) in [5.41, 5.74) is 1.74. The molecule has 0 saturated carbocycles. The Balaban J connectivity index is 3.17. The lowest BCUT2D eigenvalue weighted by Gasteiger charge is -2.30. The van der Waals surface area contributed by atoms with Crippen molar-refractivity contribution in [3.63, 3.8) is 0 Å². The van der Waals surface area contributed by atoms with Crippen molar-refractivity contribution in [2.45, 2.75) is 33.4 Å². The fraction of sp³-hybridized carbons (Fsp3) is 0.538. The van der Waals surface area contributed by atoms with Gasteiger partial charge >= 0.3 is 0 Å². The summed E-state index contributed by atoms with van der Waals surface area (Å²) in [5.74, 6) is -0.136. The van der Waals surface area contributed by atoms with Gasteiger partial charge < -0.3 is 10.2 Å². The van der Waals surface area contributed by atoms with Crippen LogP contribution in [0.5, 0.6) is 0 Å². The molecule has 0 aliphatic heterocycles. The number of rotatable bonds is 5. The Morgan fingerprint density at radius 3 is 2.56 bits per heavy atom. The number of nitrogens with one attached hydrogen (secondary N) is 1. The van der Waals surface area contributed by atoms with Gasteiger partial charge in [-0.1, -0.05) is 12.1 Å². The Labute approximate surface area is 97.5 Å². The summed E-state index contributed by atoms with van der Waals surface area (Å²) in [5, 5.41) is 3.08. The van der Waals surface area contributed by atoms with Crippen molar-refractivity contribution in [1.82, 2.24) is 5.32 Å². The molecule has 1 aromatic carbocycles. The molecule has 0 fully saturated rings. The maximum absolute atomic E-state index is 13.9. The first-order valence-corrected chi connectivity index (χ1v) is 5.80. The van der Waals surface area contributed by atoms with Crippen LogP contribution < -0.4 is 10.2 Å². The second-order valence-electron chi connectivity index (χ2n) is 4.16. The molecule has 0 aliphatic rings. The van der Waals surface area contributed by atoms with Gasteiger partial charge in [0.1, 0.15) is 5.82 Å². The monoisotopic (exact) mass is 224 g/mol. The zero-order chi connectivity index (χ0) is 12.1. The molecule has 90 valence electrons. The van der Waals surface area contributed by atoms with E-state index in [2.05, 4.69) is 31.0 Å². The van der Waals surface area contributed by atoms with E-state index in [1.54, 1.807) is 6.07 Å². The van der Waals surface area contributed by atoms with E-state index in [1.807, 2.05) is 13.1 Å². The quantitative estimate of drug-likeness (QED) is 0.827. The molecule has 1 rings (SSSR count). The Morgan fingerprint density at radius 1 is 1.38 bits per heavy atom. The maximum Gasteiger partial charge on any atom is 0.146 e. The molecule has 1 aromatic rings. The molecule has 0 bridgehead atoms. The fourth-order valence-corrected chi connectivity index (χ4v) is 2.00. The standard InChI is InChI=1S/C13H21FN2/c1-5-16(10(2)3)13-11(9-15-4)7-6-8-12(13)14/h6-8,10,15H,5,9H2,1-4H3. The van der Waals surface area contributed by atoms with Crippen LogP contribution in [0.4, 0.5) is 10.1 Å². The van der Waals surface area contributed by atoms with Crippen LogP contribution >= 0.6 is 0 Å². The molecule has 0 aromatic heterocycles. The summed E-state index contributed by atoms with van der Waals surface area (Å²) in [6.45, 7) is 7.72. The highest BCUT2D eigenvalue weighted by atomic mass is 19.1. The van der Waals surface area contributed by atoms with Gasteiger partial charge in [0.25, 0.3) is 0 Å². The zero-order valence-corrected chi connectivity index (χ0v) is 10.5. The van der Waals surface area contributed by atoms with Crippen molar-refractivity contribution >= 4 is 5.69 Å². The van der Waals surface area contributed by atoms with E-state index in [0.29, 0.717) is 12.6 Å². The third kappa shape index (κ3) is 2.73. The van der Waals surface area contributed by atoms with Crippen molar-refractivity contribution in [2.75, 3.05) is 18.5 Å². The first-order chi connectivity index (χ1) is 7.61. The lowest BCUT2D eigenvalue weighted by atomic mass is 10.1. The lowest BCUT2D eigenvalue weighted by Crippen LogP contribution is -2.32. The Hall–Kier alpha value is -1.09. The average molecular weight is 224 g/mol. The molecule has 0 saturated heterocycles. The van der Waals surface area contributed by atoms with E-state index in [1.165, 1.54) is 6.07 Å². The summed E-state index contributed by atoms with van der Waals surface area (Å²) in [6.07, 6.45) is 0. The van der Waals surface area contributed by atoms with Crippen molar-refractivity contribution in [1.29, 1.82) is 0 Å². The largest absolute Gasteiger partial charge is 0.367 e. The molecule has 0 heterocycles. The second-order valence-corrected chi connectivity index (χ2v) is 4.16. The molecular formula is C13H21FN2. The SMILES string of the molecule is CCN(c1c(F)cccc1CNC)C(C)C. The van der Waals surface area contributed by atoms with Gasteiger partial charge in [-0.15, -0.1) is 0 Å². The predicted molar refractivity (Wildman–Crippen MR) is 67.3 cm³/mol. The van der Waals surface area contributed by atoms with Crippen LogP contribution in [0.3, 0.4) is 0 Å². The predicted octanol–water partition coefficient (Wildman–Crippen LogP) is 2.78. The number of halogens is 1. The molecule has 2 nitrogen and oxygen atoms in total. The highest BCUT2D eigenvalue weighted by molar-refractivity contribution is 5.55. The van der Waals surface area contributed by atoms with Crippen LogP contribution in [-0.2, 0) is 6.54 Å². The number of benzene rings is 1. The minimum atomic E-state index is -0.136. The third-order valence-corrected chi connectivity index (χ3v) is 2.69. The molecule has 0 unspecified atom stereocenters. The number of nitrogens with zero attached hydrogens (tertiary/aromatic N) is 1. The van der Waals surface area contributed by atoms with E-state index >= 15 is 0 Å². The number of hydrogen-bond donors (Lipinski definition) is 1. The first kappa shape index (κ1) is 13.0. The minimum Gasteiger partial charge on any atom is -0.367 e. The van der Waals surface area contributed by atoms with Gasteiger partial charge in [-0.3, -0.25) is 0 Å². The molecule has 0 radical (unpaired) electrons. The Morgan fingerprint density at radius 2 is 2.06 bits per heavy atom. The third-order valence-electron chi connectivity index (χ3n) is 2.69. The molecule has 0 atom stereocenters. The van der Waals surface area contributed by atoms with Gasteiger partial charge in [0.15, 0.2) is 0 Å². The van der Waals surface area contributed by atoms with Gasteiger partial charge in [0, 0.05) is 19.1 Å². The maximum atomic E-state index is 13.9. The first-order valence-electron chi connectivity index (χ1n) is 5.80. The fourth-order valence-electron chi connectivity index (χ4n) is 2.00. The summed E-state index contributed by atoms with van der Waals surface area (Å²) in [6, 6.07) is 5.57. The second kappa shape index (κ2) is 5.85. The topological polar surface area (TPSA) is 15.3 Å². The summed E-state index contributed by atoms with van der Waals surface area (Å²) >= 11 is 0. The van der Waals surface area contributed by atoms with E-state index in [9.17, 15) is 4.39 Å². The van der Waals surface area contributed by atoms with Gasteiger partial charge in [0.05, 0.1) is 5.69 Å². The van der Waals surface area contributed by atoms with Crippen molar-refractivity contribution in [2.24, 2.45) is 0 Å². The minimum absolute atomic E-state index is 0.136. The van der Waals surface area contributed by atoms with Crippen LogP contribution in [0.25, 0.3) is 0 Å². The number of anilines is 1. The van der Waals surface area contributed by atoms with Crippen molar-refractivity contribution < 1.29 is 4.39 Å².